The Morgan fingerprint density at radius 3 is 2.84 bits per heavy atom. The van der Waals surface area contributed by atoms with Gasteiger partial charge in [-0.1, -0.05) is 15.9 Å². The first-order valence-corrected chi connectivity index (χ1v) is 6.30. The highest BCUT2D eigenvalue weighted by atomic mass is 79.9. The predicted molar refractivity (Wildman–Crippen MR) is 71.3 cm³/mol. The Balaban J connectivity index is 2.11. The summed E-state index contributed by atoms with van der Waals surface area (Å²) in [4.78, 5) is 0. The lowest BCUT2D eigenvalue weighted by atomic mass is 10.2. The summed E-state index contributed by atoms with van der Waals surface area (Å²) in [5.74, 6) is 0.826. The van der Waals surface area contributed by atoms with Gasteiger partial charge in [0.05, 0.1) is 0 Å². The second-order valence-corrected chi connectivity index (χ2v) is 4.77. The van der Waals surface area contributed by atoms with E-state index in [4.69, 9.17) is 0 Å². The number of halogens is 3. The maximum Gasteiger partial charge on any atom is 0.387 e. The standard InChI is InChI=1S/C12H12BrF2N3O/c1-18-5-4-11(17-18)16-7-8-6-9(13)2-3-10(8)19-12(14)15/h2-6,12H,7H2,1H3,(H,16,17). The van der Waals surface area contributed by atoms with Crippen LogP contribution in [0.2, 0.25) is 0 Å². The maximum atomic E-state index is 12.3. The third-order valence-electron chi connectivity index (χ3n) is 2.41. The second-order valence-electron chi connectivity index (χ2n) is 3.86. The lowest BCUT2D eigenvalue weighted by Gasteiger charge is -2.11. The third-order valence-corrected chi connectivity index (χ3v) is 2.91. The van der Waals surface area contributed by atoms with Crippen LogP contribution in [-0.2, 0) is 13.6 Å². The first-order valence-electron chi connectivity index (χ1n) is 5.51. The van der Waals surface area contributed by atoms with Gasteiger partial charge in [-0.15, -0.1) is 0 Å². The molecule has 0 aliphatic carbocycles. The molecule has 4 nitrogen and oxygen atoms in total. The summed E-state index contributed by atoms with van der Waals surface area (Å²) in [6.45, 7) is -2.49. The molecular weight excluding hydrogens is 320 g/mol. The molecule has 1 N–H and O–H groups in total. The average molecular weight is 332 g/mol. The van der Waals surface area contributed by atoms with E-state index in [0.717, 1.165) is 4.47 Å². The molecule has 0 spiro atoms. The minimum Gasteiger partial charge on any atom is -0.434 e. The average Bonchev–Trinajstić information content (AvgIpc) is 2.75. The van der Waals surface area contributed by atoms with Crippen LogP contribution in [-0.4, -0.2) is 16.4 Å². The Morgan fingerprint density at radius 2 is 2.21 bits per heavy atom. The maximum absolute atomic E-state index is 12.3. The van der Waals surface area contributed by atoms with E-state index in [1.54, 1.807) is 36.1 Å². The summed E-state index contributed by atoms with van der Waals surface area (Å²) < 4.78 is 31.5. The first kappa shape index (κ1) is 13.8. The molecule has 0 fully saturated rings. The molecule has 0 saturated carbocycles. The van der Waals surface area contributed by atoms with Gasteiger partial charge in [-0.3, -0.25) is 4.68 Å². The molecule has 0 atom stereocenters. The molecule has 0 radical (unpaired) electrons. The minimum atomic E-state index is -2.84. The minimum absolute atomic E-state index is 0.154. The highest BCUT2D eigenvalue weighted by Gasteiger charge is 2.10. The molecule has 7 heteroatoms. The molecule has 0 amide bonds. The number of rotatable bonds is 5. The number of hydrogen-bond donors (Lipinski definition) is 1. The molecule has 1 aromatic carbocycles. The zero-order valence-electron chi connectivity index (χ0n) is 10.1. The number of alkyl halides is 2. The number of aromatic nitrogens is 2. The van der Waals surface area contributed by atoms with Crippen LogP contribution in [0.15, 0.2) is 34.9 Å². The molecule has 0 bridgehead atoms. The van der Waals surface area contributed by atoms with E-state index in [2.05, 4.69) is 31.1 Å². The fourth-order valence-corrected chi connectivity index (χ4v) is 2.00. The lowest BCUT2D eigenvalue weighted by Crippen LogP contribution is -2.07. The summed E-state index contributed by atoms with van der Waals surface area (Å²) in [6.07, 6.45) is 1.79. The van der Waals surface area contributed by atoms with Crippen molar-refractivity contribution in [3.8, 4) is 5.75 Å². The van der Waals surface area contributed by atoms with Crippen LogP contribution in [0.3, 0.4) is 0 Å². The number of nitrogens with zero attached hydrogens (tertiary/aromatic N) is 2. The predicted octanol–water partition coefficient (Wildman–Crippen LogP) is 3.40. The Hall–Kier alpha value is -1.63. The van der Waals surface area contributed by atoms with Crippen LogP contribution < -0.4 is 10.1 Å². The molecule has 102 valence electrons. The Labute approximate surface area is 117 Å². The molecule has 19 heavy (non-hydrogen) atoms. The van der Waals surface area contributed by atoms with Crippen molar-refractivity contribution in [2.24, 2.45) is 7.05 Å². The number of nitrogens with one attached hydrogen (secondary N) is 1. The quantitative estimate of drug-likeness (QED) is 0.912. The van der Waals surface area contributed by atoms with Gasteiger partial charge in [-0.25, -0.2) is 0 Å². The molecule has 0 aliphatic rings. The summed E-state index contributed by atoms with van der Waals surface area (Å²) in [6, 6.07) is 6.69. The van der Waals surface area contributed by atoms with Crippen LogP contribution in [0.5, 0.6) is 5.75 Å². The van der Waals surface area contributed by atoms with E-state index in [-0.39, 0.29) is 5.75 Å². The zero-order valence-corrected chi connectivity index (χ0v) is 11.7. The van der Waals surface area contributed by atoms with E-state index in [1.807, 2.05) is 0 Å². The zero-order chi connectivity index (χ0) is 13.8. The van der Waals surface area contributed by atoms with Gasteiger partial charge in [0.2, 0.25) is 0 Å². The van der Waals surface area contributed by atoms with Gasteiger partial charge in [-0.2, -0.15) is 13.9 Å². The molecule has 1 aromatic heterocycles. The summed E-state index contributed by atoms with van der Waals surface area (Å²) in [7, 11) is 1.80. The van der Waals surface area contributed by atoms with Gasteiger partial charge in [0.25, 0.3) is 0 Å². The summed E-state index contributed by atoms with van der Waals surface area (Å²) >= 11 is 3.30. The van der Waals surface area contributed by atoms with Crippen molar-refractivity contribution in [2.45, 2.75) is 13.2 Å². The molecule has 2 rings (SSSR count). The van der Waals surface area contributed by atoms with Gasteiger partial charge in [-0.05, 0) is 18.2 Å². The van der Waals surface area contributed by atoms with Crippen LogP contribution in [0.4, 0.5) is 14.6 Å². The van der Waals surface area contributed by atoms with Gasteiger partial charge < -0.3 is 10.1 Å². The molecular formula is C12H12BrF2N3O. The van der Waals surface area contributed by atoms with Crippen LogP contribution in [0.1, 0.15) is 5.56 Å². The van der Waals surface area contributed by atoms with Crippen molar-refractivity contribution in [2.75, 3.05) is 5.32 Å². The van der Waals surface area contributed by atoms with E-state index < -0.39 is 6.61 Å². The van der Waals surface area contributed by atoms with Crippen molar-refractivity contribution in [1.29, 1.82) is 0 Å². The number of benzene rings is 1. The summed E-state index contributed by atoms with van der Waals surface area (Å²) in [5, 5.41) is 7.19. The SMILES string of the molecule is Cn1ccc(NCc2cc(Br)ccc2OC(F)F)n1. The van der Waals surface area contributed by atoms with Crippen molar-refractivity contribution in [1.82, 2.24) is 9.78 Å². The highest BCUT2D eigenvalue weighted by Crippen LogP contribution is 2.25. The van der Waals surface area contributed by atoms with Crippen LogP contribution >= 0.6 is 15.9 Å². The van der Waals surface area contributed by atoms with Gasteiger partial charge >= 0.3 is 6.61 Å². The molecule has 1 heterocycles. The van der Waals surface area contributed by atoms with Crippen molar-refractivity contribution < 1.29 is 13.5 Å². The Bertz CT molecular complexity index is 560. The third kappa shape index (κ3) is 3.92. The number of aryl methyl sites for hydroxylation is 1. The number of ether oxygens (including phenoxy) is 1. The van der Waals surface area contributed by atoms with Gasteiger partial charge in [0, 0.05) is 35.9 Å². The number of anilines is 1. The number of hydrogen-bond acceptors (Lipinski definition) is 3. The van der Waals surface area contributed by atoms with Crippen LogP contribution in [0, 0.1) is 0 Å². The van der Waals surface area contributed by atoms with E-state index in [1.165, 1.54) is 6.07 Å². The topological polar surface area (TPSA) is 39.1 Å². The van der Waals surface area contributed by atoms with Crippen LogP contribution in [0.25, 0.3) is 0 Å². The Morgan fingerprint density at radius 1 is 1.42 bits per heavy atom. The van der Waals surface area contributed by atoms with Crippen molar-refractivity contribution in [3.05, 3.63) is 40.5 Å². The molecule has 0 saturated heterocycles. The normalized spacial score (nSPS) is 10.8. The largest absolute Gasteiger partial charge is 0.434 e. The molecule has 2 aromatic rings. The lowest BCUT2D eigenvalue weighted by molar-refractivity contribution is -0.0504. The van der Waals surface area contributed by atoms with E-state index in [9.17, 15) is 8.78 Å². The Kier molecular flexibility index (Phi) is 4.36. The fourth-order valence-electron chi connectivity index (χ4n) is 1.59. The smallest absolute Gasteiger partial charge is 0.387 e. The molecule has 0 unspecified atom stereocenters. The summed E-state index contributed by atoms with van der Waals surface area (Å²) in [5.41, 5.74) is 0.625. The van der Waals surface area contributed by atoms with Crippen molar-refractivity contribution in [3.63, 3.8) is 0 Å². The second kappa shape index (κ2) is 6.01. The highest BCUT2D eigenvalue weighted by molar-refractivity contribution is 9.10. The molecule has 0 aliphatic heterocycles. The van der Waals surface area contributed by atoms with Crippen molar-refractivity contribution >= 4 is 21.7 Å². The first-order chi connectivity index (χ1) is 9.04. The van der Waals surface area contributed by atoms with Gasteiger partial charge in [0.1, 0.15) is 11.6 Å². The monoisotopic (exact) mass is 331 g/mol. The van der Waals surface area contributed by atoms with Gasteiger partial charge in [0.15, 0.2) is 0 Å². The van der Waals surface area contributed by atoms with E-state index in [0.29, 0.717) is 17.9 Å². The van der Waals surface area contributed by atoms with E-state index >= 15 is 0 Å². The fraction of sp³-hybridized carbons (Fsp3) is 0.250.